The quantitative estimate of drug-likeness (QED) is 0.590. The fourth-order valence-corrected chi connectivity index (χ4v) is 3.25. The van der Waals surface area contributed by atoms with Crippen molar-refractivity contribution >= 4 is 0 Å². The van der Waals surface area contributed by atoms with E-state index < -0.39 is 0 Å². The first-order valence-corrected chi connectivity index (χ1v) is 8.22. The molecule has 0 aliphatic carbocycles. The normalized spacial score (nSPS) is 10.9. The summed E-state index contributed by atoms with van der Waals surface area (Å²) in [5, 5.41) is 30.1. The zero-order valence-corrected chi connectivity index (χ0v) is 14.9. The lowest BCUT2D eigenvalue weighted by atomic mass is 9.90. The lowest BCUT2D eigenvalue weighted by Crippen LogP contribution is -1.90. The number of phenols is 3. The van der Waals surface area contributed by atoms with Crippen LogP contribution in [0.25, 0.3) is 22.3 Å². The molecule has 3 aromatic rings. The topological polar surface area (TPSA) is 60.7 Å². The van der Waals surface area contributed by atoms with Gasteiger partial charge in [0.15, 0.2) is 0 Å². The van der Waals surface area contributed by atoms with E-state index in [-0.39, 0.29) is 5.75 Å². The van der Waals surface area contributed by atoms with Gasteiger partial charge in [0.2, 0.25) is 0 Å². The van der Waals surface area contributed by atoms with E-state index in [9.17, 15) is 15.3 Å². The van der Waals surface area contributed by atoms with E-state index in [2.05, 4.69) is 0 Å². The Kier molecular flexibility index (Phi) is 4.17. The minimum absolute atomic E-state index is 0.189. The van der Waals surface area contributed by atoms with Crippen LogP contribution in [0, 0.1) is 27.7 Å². The lowest BCUT2D eigenvalue weighted by molar-refractivity contribution is 0.466. The number of hydrogen-bond acceptors (Lipinski definition) is 3. The van der Waals surface area contributed by atoms with Gasteiger partial charge in [0.25, 0.3) is 0 Å². The van der Waals surface area contributed by atoms with Crippen molar-refractivity contribution in [2.24, 2.45) is 0 Å². The van der Waals surface area contributed by atoms with Crippen molar-refractivity contribution in [1.82, 2.24) is 0 Å². The minimum atomic E-state index is 0.189. The Bertz CT molecular complexity index is 925. The SMILES string of the molecule is Cc1cc(-c2ccc(O)cc2-c2cc(C)c(O)c(C)c2)cc(C)c1O. The molecule has 3 rings (SSSR count). The van der Waals surface area contributed by atoms with Gasteiger partial charge in [-0.2, -0.15) is 0 Å². The van der Waals surface area contributed by atoms with Gasteiger partial charge in [-0.05, 0) is 109 Å². The van der Waals surface area contributed by atoms with Gasteiger partial charge in [0, 0.05) is 0 Å². The molecule has 0 aliphatic rings. The summed E-state index contributed by atoms with van der Waals surface area (Å²) in [6.45, 7) is 7.48. The summed E-state index contributed by atoms with van der Waals surface area (Å²) >= 11 is 0. The summed E-state index contributed by atoms with van der Waals surface area (Å²) in [6, 6.07) is 13.0. The van der Waals surface area contributed by atoms with Crippen molar-refractivity contribution in [2.45, 2.75) is 27.7 Å². The first-order chi connectivity index (χ1) is 11.8. The van der Waals surface area contributed by atoms with Crippen molar-refractivity contribution in [3.05, 3.63) is 64.7 Å². The van der Waals surface area contributed by atoms with E-state index in [1.165, 1.54) is 0 Å². The Morgan fingerprint density at radius 1 is 0.520 bits per heavy atom. The minimum Gasteiger partial charge on any atom is -0.508 e. The molecule has 0 saturated carbocycles. The molecule has 0 amide bonds. The summed E-state index contributed by atoms with van der Waals surface area (Å²) in [5.41, 5.74) is 6.97. The van der Waals surface area contributed by atoms with Crippen molar-refractivity contribution in [1.29, 1.82) is 0 Å². The molecule has 0 atom stereocenters. The highest BCUT2D eigenvalue weighted by Gasteiger charge is 2.13. The maximum absolute atomic E-state index is 10.0. The zero-order valence-electron chi connectivity index (χ0n) is 14.9. The first-order valence-electron chi connectivity index (χ1n) is 8.22. The fraction of sp³-hybridized carbons (Fsp3) is 0.182. The third kappa shape index (κ3) is 3.05. The monoisotopic (exact) mass is 334 g/mol. The summed E-state index contributed by atoms with van der Waals surface area (Å²) in [7, 11) is 0. The highest BCUT2D eigenvalue weighted by atomic mass is 16.3. The Balaban J connectivity index is 2.27. The van der Waals surface area contributed by atoms with Crippen molar-refractivity contribution < 1.29 is 15.3 Å². The molecule has 0 heterocycles. The van der Waals surface area contributed by atoms with Crippen LogP contribution in [0.15, 0.2) is 42.5 Å². The van der Waals surface area contributed by atoms with Gasteiger partial charge in [-0.15, -0.1) is 0 Å². The van der Waals surface area contributed by atoms with Gasteiger partial charge < -0.3 is 15.3 Å². The molecule has 3 N–H and O–H groups in total. The second kappa shape index (κ2) is 6.17. The van der Waals surface area contributed by atoms with Crippen LogP contribution in [0.4, 0.5) is 0 Å². The number of aromatic hydroxyl groups is 3. The number of rotatable bonds is 2. The molecule has 0 bridgehead atoms. The number of hydrogen-bond donors (Lipinski definition) is 3. The molecule has 128 valence electrons. The molecular formula is C22H22O3. The third-order valence-electron chi connectivity index (χ3n) is 4.61. The molecule has 3 aromatic carbocycles. The average molecular weight is 334 g/mol. The predicted molar refractivity (Wildman–Crippen MR) is 101 cm³/mol. The van der Waals surface area contributed by atoms with Gasteiger partial charge in [-0.3, -0.25) is 0 Å². The van der Waals surface area contributed by atoms with Crippen LogP contribution in [0.3, 0.4) is 0 Å². The van der Waals surface area contributed by atoms with Crippen LogP contribution in [0.2, 0.25) is 0 Å². The Morgan fingerprint density at radius 2 is 0.920 bits per heavy atom. The van der Waals surface area contributed by atoms with Crippen LogP contribution in [-0.4, -0.2) is 15.3 Å². The molecule has 25 heavy (non-hydrogen) atoms. The molecule has 3 nitrogen and oxygen atoms in total. The molecule has 3 heteroatoms. The molecule has 0 aliphatic heterocycles. The molecule has 0 fully saturated rings. The Labute approximate surface area is 147 Å². The molecule has 0 aromatic heterocycles. The van der Waals surface area contributed by atoms with E-state index in [4.69, 9.17) is 0 Å². The standard InChI is InChI=1S/C22H22O3/c1-12-7-16(8-13(2)21(12)24)19-6-5-18(23)11-20(19)17-9-14(3)22(25)15(4)10-17/h5-11,23-25H,1-4H3. The van der Waals surface area contributed by atoms with E-state index in [1.807, 2.05) is 58.0 Å². The second-order valence-electron chi connectivity index (χ2n) is 6.65. The largest absolute Gasteiger partial charge is 0.508 e. The van der Waals surface area contributed by atoms with E-state index in [1.54, 1.807) is 12.1 Å². The predicted octanol–water partition coefficient (Wildman–Crippen LogP) is 5.37. The van der Waals surface area contributed by atoms with Crippen molar-refractivity contribution in [3.8, 4) is 39.5 Å². The second-order valence-corrected chi connectivity index (χ2v) is 6.65. The summed E-state index contributed by atoms with van der Waals surface area (Å²) in [4.78, 5) is 0. The fourth-order valence-electron chi connectivity index (χ4n) is 3.25. The van der Waals surface area contributed by atoms with Gasteiger partial charge in [-0.25, -0.2) is 0 Å². The first kappa shape index (κ1) is 16.9. The van der Waals surface area contributed by atoms with Crippen molar-refractivity contribution in [3.63, 3.8) is 0 Å². The van der Waals surface area contributed by atoms with Crippen LogP contribution in [0.1, 0.15) is 22.3 Å². The van der Waals surface area contributed by atoms with Crippen LogP contribution >= 0.6 is 0 Å². The molecule has 0 radical (unpaired) electrons. The van der Waals surface area contributed by atoms with Gasteiger partial charge in [-0.1, -0.05) is 6.07 Å². The summed E-state index contributed by atoms with van der Waals surface area (Å²) < 4.78 is 0. The van der Waals surface area contributed by atoms with Crippen LogP contribution in [-0.2, 0) is 0 Å². The van der Waals surface area contributed by atoms with Crippen molar-refractivity contribution in [2.75, 3.05) is 0 Å². The van der Waals surface area contributed by atoms with Crippen LogP contribution in [0.5, 0.6) is 17.2 Å². The molecule has 0 spiro atoms. The van der Waals surface area contributed by atoms with Gasteiger partial charge >= 0.3 is 0 Å². The zero-order chi connectivity index (χ0) is 18.3. The Morgan fingerprint density at radius 3 is 1.36 bits per heavy atom. The molecular weight excluding hydrogens is 312 g/mol. The number of aryl methyl sites for hydroxylation is 4. The average Bonchev–Trinajstić information content (AvgIpc) is 2.56. The molecule has 0 unspecified atom stereocenters. The third-order valence-corrected chi connectivity index (χ3v) is 4.61. The maximum atomic E-state index is 10.0. The van der Waals surface area contributed by atoms with E-state index in [0.717, 1.165) is 44.5 Å². The molecule has 0 saturated heterocycles. The van der Waals surface area contributed by atoms with E-state index >= 15 is 0 Å². The smallest absolute Gasteiger partial charge is 0.121 e. The van der Waals surface area contributed by atoms with E-state index in [0.29, 0.717) is 11.5 Å². The highest BCUT2D eigenvalue weighted by molar-refractivity contribution is 5.86. The van der Waals surface area contributed by atoms with Crippen LogP contribution < -0.4 is 0 Å². The number of phenolic OH excluding ortho intramolecular Hbond substituents is 3. The maximum Gasteiger partial charge on any atom is 0.121 e. The lowest BCUT2D eigenvalue weighted by Gasteiger charge is -2.15. The highest BCUT2D eigenvalue weighted by Crippen LogP contribution is 2.39. The van der Waals surface area contributed by atoms with Gasteiger partial charge in [0.1, 0.15) is 17.2 Å². The summed E-state index contributed by atoms with van der Waals surface area (Å²) in [6.07, 6.45) is 0. The number of benzene rings is 3. The Hall–Kier alpha value is -2.94. The van der Waals surface area contributed by atoms with Gasteiger partial charge in [0.05, 0.1) is 0 Å². The summed E-state index contributed by atoms with van der Waals surface area (Å²) in [5.74, 6) is 0.788.